The second-order valence-electron chi connectivity index (χ2n) is 5.69. The molecule has 4 heteroatoms. The second-order valence-corrected chi connectivity index (χ2v) is 5.69. The Labute approximate surface area is 111 Å². The van der Waals surface area contributed by atoms with Gasteiger partial charge in [0.2, 0.25) is 0 Å². The molecule has 0 bridgehead atoms. The summed E-state index contributed by atoms with van der Waals surface area (Å²) >= 11 is 0. The number of hydrogen-bond donors (Lipinski definition) is 2. The number of H-pyrrole nitrogens is 1. The van der Waals surface area contributed by atoms with Crippen LogP contribution in [0, 0.1) is 5.92 Å². The third-order valence-electron chi connectivity index (χ3n) is 4.58. The summed E-state index contributed by atoms with van der Waals surface area (Å²) in [5, 5.41) is 10.5. The fourth-order valence-electron chi connectivity index (χ4n) is 3.63. The number of para-hydroxylation sites is 1. The Hall–Kier alpha value is -1.81. The molecule has 0 radical (unpaired) electrons. The molecule has 2 N–H and O–H groups in total. The summed E-state index contributed by atoms with van der Waals surface area (Å²) in [7, 11) is 0. The van der Waals surface area contributed by atoms with Crippen molar-refractivity contribution < 1.29 is 9.90 Å². The fraction of sp³-hybridized carbons (Fsp3) is 0.400. The van der Waals surface area contributed by atoms with E-state index in [2.05, 4.69) is 28.1 Å². The number of aliphatic carboxylic acids is 1. The van der Waals surface area contributed by atoms with Crippen LogP contribution in [0.2, 0.25) is 0 Å². The maximum absolute atomic E-state index is 11.1. The van der Waals surface area contributed by atoms with Crippen molar-refractivity contribution in [2.75, 3.05) is 6.54 Å². The molecule has 3 heterocycles. The number of carboxylic acids is 1. The molecule has 2 atom stereocenters. The van der Waals surface area contributed by atoms with Gasteiger partial charge in [0.1, 0.15) is 0 Å². The summed E-state index contributed by atoms with van der Waals surface area (Å²) in [5.74, 6) is -0.844. The molecule has 0 saturated carbocycles. The third kappa shape index (κ3) is 1.60. The highest BCUT2D eigenvalue weighted by atomic mass is 16.4. The second kappa shape index (κ2) is 3.84. The fourth-order valence-corrected chi connectivity index (χ4v) is 3.63. The highest BCUT2D eigenvalue weighted by Crippen LogP contribution is 2.36. The molecule has 19 heavy (non-hydrogen) atoms. The van der Waals surface area contributed by atoms with E-state index in [-0.39, 0.29) is 5.92 Å². The first-order valence-corrected chi connectivity index (χ1v) is 6.77. The van der Waals surface area contributed by atoms with Crippen molar-refractivity contribution in [3.05, 3.63) is 35.5 Å². The number of carboxylic acid groups (broad SMARTS) is 1. The molecule has 2 unspecified atom stereocenters. The van der Waals surface area contributed by atoms with Crippen LogP contribution in [-0.2, 0) is 17.8 Å². The Morgan fingerprint density at radius 3 is 3.05 bits per heavy atom. The quantitative estimate of drug-likeness (QED) is 0.820. The Morgan fingerprint density at radius 2 is 2.21 bits per heavy atom. The van der Waals surface area contributed by atoms with Gasteiger partial charge in [0.05, 0.1) is 5.92 Å². The molecule has 0 aliphatic carbocycles. The molecular weight excluding hydrogens is 240 g/mol. The zero-order chi connectivity index (χ0) is 13.0. The molecule has 2 aliphatic rings. The van der Waals surface area contributed by atoms with Crippen LogP contribution in [0.4, 0.5) is 0 Å². The van der Waals surface area contributed by atoms with E-state index in [0.717, 1.165) is 19.4 Å². The van der Waals surface area contributed by atoms with Gasteiger partial charge in [-0.25, -0.2) is 0 Å². The number of fused-ring (bicyclic) bond motifs is 4. The Morgan fingerprint density at radius 1 is 1.37 bits per heavy atom. The summed E-state index contributed by atoms with van der Waals surface area (Å²) in [6, 6.07) is 8.78. The van der Waals surface area contributed by atoms with Gasteiger partial charge in [0.15, 0.2) is 0 Å². The van der Waals surface area contributed by atoms with Crippen LogP contribution in [0.5, 0.6) is 0 Å². The minimum atomic E-state index is -0.650. The van der Waals surface area contributed by atoms with Gasteiger partial charge >= 0.3 is 5.97 Å². The van der Waals surface area contributed by atoms with E-state index in [1.165, 1.54) is 22.2 Å². The molecular formula is C15H16N2O2. The van der Waals surface area contributed by atoms with Crippen molar-refractivity contribution in [3.63, 3.8) is 0 Å². The average Bonchev–Trinajstić information content (AvgIpc) is 2.96. The predicted molar refractivity (Wildman–Crippen MR) is 71.9 cm³/mol. The summed E-state index contributed by atoms with van der Waals surface area (Å²) in [6.07, 6.45) is 1.76. The Bertz CT molecular complexity index is 661. The Kier molecular flexibility index (Phi) is 2.23. The topological polar surface area (TPSA) is 56.3 Å². The van der Waals surface area contributed by atoms with E-state index >= 15 is 0 Å². The summed E-state index contributed by atoms with van der Waals surface area (Å²) < 4.78 is 0. The van der Waals surface area contributed by atoms with Gasteiger partial charge in [-0.15, -0.1) is 0 Å². The monoisotopic (exact) mass is 256 g/mol. The van der Waals surface area contributed by atoms with E-state index in [1.807, 2.05) is 6.07 Å². The smallest absolute Gasteiger partial charge is 0.307 e. The first-order chi connectivity index (χ1) is 9.22. The van der Waals surface area contributed by atoms with Gasteiger partial charge in [0, 0.05) is 35.7 Å². The van der Waals surface area contributed by atoms with Crippen LogP contribution in [0.15, 0.2) is 24.3 Å². The molecule has 4 rings (SSSR count). The van der Waals surface area contributed by atoms with Crippen molar-refractivity contribution >= 4 is 16.9 Å². The molecule has 2 aromatic rings. The standard InChI is InChI=1S/C15H16N2O2/c18-15(19)9-5-10-6-12-11-3-1-2-4-13(11)16-14(12)8-17(10)7-9/h1-4,9-10,16H,5-8H2,(H,18,19). The Balaban J connectivity index is 1.71. The molecule has 4 nitrogen and oxygen atoms in total. The molecule has 1 aromatic carbocycles. The van der Waals surface area contributed by atoms with Crippen molar-refractivity contribution in [1.82, 2.24) is 9.88 Å². The maximum atomic E-state index is 11.1. The van der Waals surface area contributed by atoms with Gasteiger partial charge in [-0.2, -0.15) is 0 Å². The number of aromatic nitrogens is 1. The van der Waals surface area contributed by atoms with Crippen molar-refractivity contribution in [2.24, 2.45) is 5.92 Å². The number of carbonyl (C=O) groups is 1. The minimum Gasteiger partial charge on any atom is -0.481 e. The zero-order valence-electron chi connectivity index (χ0n) is 10.6. The number of hydrogen-bond acceptors (Lipinski definition) is 2. The molecule has 1 aromatic heterocycles. The van der Waals surface area contributed by atoms with Crippen LogP contribution in [0.1, 0.15) is 17.7 Å². The lowest BCUT2D eigenvalue weighted by molar-refractivity contribution is -0.141. The summed E-state index contributed by atoms with van der Waals surface area (Å²) in [4.78, 5) is 16.9. The number of rotatable bonds is 1. The third-order valence-corrected chi connectivity index (χ3v) is 4.58. The lowest BCUT2D eigenvalue weighted by Gasteiger charge is -2.29. The summed E-state index contributed by atoms with van der Waals surface area (Å²) in [6.45, 7) is 1.55. The highest BCUT2D eigenvalue weighted by Gasteiger charge is 2.39. The molecule has 1 fully saturated rings. The van der Waals surface area contributed by atoms with Gasteiger partial charge in [-0.1, -0.05) is 18.2 Å². The lowest BCUT2D eigenvalue weighted by atomic mass is 9.95. The largest absolute Gasteiger partial charge is 0.481 e. The van der Waals surface area contributed by atoms with E-state index < -0.39 is 5.97 Å². The van der Waals surface area contributed by atoms with Crippen LogP contribution in [0.25, 0.3) is 10.9 Å². The van der Waals surface area contributed by atoms with Crippen LogP contribution in [0.3, 0.4) is 0 Å². The average molecular weight is 256 g/mol. The SMILES string of the molecule is O=C(O)C1CC2Cc3c([nH]c4ccccc34)CN2C1. The van der Waals surface area contributed by atoms with Crippen molar-refractivity contribution in [2.45, 2.75) is 25.4 Å². The van der Waals surface area contributed by atoms with Crippen molar-refractivity contribution in [3.8, 4) is 0 Å². The maximum Gasteiger partial charge on any atom is 0.307 e. The molecule has 2 aliphatic heterocycles. The molecule has 0 amide bonds. The predicted octanol–water partition coefficient (Wildman–Crippen LogP) is 2.00. The van der Waals surface area contributed by atoms with Crippen molar-refractivity contribution in [1.29, 1.82) is 0 Å². The molecule has 1 saturated heterocycles. The summed E-state index contributed by atoms with van der Waals surface area (Å²) in [5.41, 5.74) is 3.86. The lowest BCUT2D eigenvalue weighted by Crippen LogP contribution is -2.35. The van der Waals surface area contributed by atoms with Crippen LogP contribution >= 0.6 is 0 Å². The van der Waals surface area contributed by atoms with E-state index in [0.29, 0.717) is 12.6 Å². The zero-order valence-corrected chi connectivity index (χ0v) is 10.6. The highest BCUT2D eigenvalue weighted by molar-refractivity contribution is 5.85. The first-order valence-electron chi connectivity index (χ1n) is 6.77. The van der Waals surface area contributed by atoms with Gasteiger partial charge in [-0.05, 0) is 24.5 Å². The van der Waals surface area contributed by atoms with E-state index in [9.17, 15) is 4.79 Å². The normalized spacial score (nSPS) is 26.3. The number of nitrogens with one attached hydrogen (secondary N) is 1. The van der Waals surface area contributed by atoms with Gasteiger partial charge in [-0.3, -0.25) is 9.69 Å². The molecule has 0 spiro atoms. The minimum absolute atomic E-state index is 0.194. The number of benzene rings is 1. The first kappa shape index (κ1) is 11.1. The van der Waals surface area contributed by atoms with Gasteiger partial charge < -0.3 is 10.1 Å². The van der Waals surface area contributed by atoms with E-state index in [1.54, 1.807) is 0 Å². The van der Waals surface area contributed by atoms with Gasteiger partial charge in [0.25, 0.3) is 0 Å². The number of aromatic amines is 1. The molecule has 98 valence electrons. The number of nitrogens with zero attached hydrogens (tertiary/aromatic N) is 1. The van der Waals surface area contributed by atoms with E-state index in [4.69, 9.17) is 5.11 Å². The van der Waals surface area contributed by atoms with Crippen LogP contribution in [-0.4, -0.2) is 33.5 Å². The van der Waals surface area contributed by atoms with Crippen LogP contribution < -0.4 is 0 Å².